The van der Waals surface area contributed by atoms with E-state index in [-0.39, 0.29) is 12.6 Å². The van der Waals surface area contributed by atoms with Crippen LogP contribution in [0.1, 0.15) is 24.0 Å². The summed E-state index contributed by atoms with van der Waals surface area (Å²) in [6, 6.07) is 7.61. The van der Waals surface area contributed by atoms with Gasteiger partial charge in [0.05, 0.1) is 13.7 Å². The first-order chi connectivity index (χ1) is 7.76. The van der Waals surface area contributed by atoms with E-state index in [9.17, 15) is 4.79 Å². The number of aliphatic hydroxyl groups excluding tert-OH is 1. The Morgan fingerprint density at radius 3 is 2.62 bits per heavy atom. The van der Waals surface area contributed by atoms with Crippen molar-refractivity contribution >= 4 is 12.0 Å². The third kappa shape index (κ3) is 4.28. The third-order valence-corrected chi connectivity index (χ3v) is 2.22. The Labute approximate surface area is 95.4 Å². The summed E-state index contributed by atoms with van der Waals surface area (Å²) in [6.45, 7) is 0.0618. The molecule has 0 amide bonds. The number of hydrogen-bond donors (Lipinski definition) is 1. The number of aliphatic hydroxyl groups is 1. The van der Waals surface area contributed by atoms with Gasteiger partial charge in [0.25, 0.3) is 0 Å². The van der Waals surface area contributed by atoms with Gasteiger partial charge < -0.3 is 9.84 Å². The second-order valence-corrected chi connectivity index (χ2v) is 3.42. The van der Waals surface area contributed by atoms with E-state index >= 15 is 0 Å². The molecule has 0 saturated heterocycles. The van der Waals surface area contributed by atoms with Gasteiger partial charge in [-0.05, 0) is 17.5 Å². The molecule has 1 N–H and O–H groups in total. The van der Waals surface area contributed by atoms with Crippen LogP contribution in [0.2, 0.25) is 0 Å². The minimum atomic E-state index is -0.194. The number of carbonyl (C=O) groups is 1. The quantitative estimate of drug-likeness (QED) is 0.773. The zero-order valence-corrected chi connectivity index (χ0v) is 9.35. The van der Waals surface area contributed by atoms with Gasteiger partial charge in [-0.1, -0.05) is 36.4 Å². The van der Waals surface area contributed by atoms with Crippen molar-refractivity contribution in [2.45, 2.75) is 19.4 Å². The number of rotatable bonds is 5. The summed E-state index contributed by atoms with van der Waals surface area (Å²) in [5.41, 5.74) is 1.95. The Bertz CT molecular complexity index is 352. The molecule has 0 fully saturated rings. The first-order valence-corrected chi connectivity index (χ1v) is 5.19. The van der Waals surface area contributed by atoms with E-state index in [4.69, 9.17) is 5.11 Å². The van der Waals surface area contributed by atoms with Crippen LogP contribution in [0.3, 0.4) is 0 Å². The lowest BCUT2D eigenvalue weighted by molar-refractivity contribution is -0.140. The summed E-state index contributed by atoms with van der Waals surface area (Å²) in [7, 11) is 1.39. The molecule has 0 saturated carbocycles. The van der Waals surface area contributed by atoms with E-state index in [0.717, 1.165) is 11.1 Å². The van der Waals surface area contributed by atoms with Crippen molar-refractivity contribution in [2.24, 2.45) is 0 Å². The van der Waals surface area contributed by atoms with Crippen LogP contribution in [0.5, 0.6) is 0 Å². The highest BCUT2D eigenvalue weighted by atomic mass is 16.5. The molecule has 0 heterocycles. The van der Waals surface area contributed by atoms with Crippen LogP contribution in [0.15, 0.2) is 30.3 Å². The highest BCUT2D eigenvalue weighted by Crippen LogP contribution is 2.07. The minimum Gasteiger partial charge on any atom is -0.469 e. The fourth-order valence-electron chi connectivity index (χ4n) is 1.26. The first-order valence-electron chi connectivity index (χ1n) is 5.19. The van der Waals surface area contributed by atoms with Gasteiger partial charge in [-0.15, -0.1) is 0 Å². The summed E-state index contributed by atoms with van der Waals surface area (Å²) >= 11 is 0. The maximum Gasteiger partial charge on any atom is 0.305 e. The molecule has 0 atom stereocenters. The van der Waals surface area contributed by atoms with Crippen molar-refractivity contribution in [1.29, 1.82) is 0 Å². The average molecular weight is 220 g/mol. The van der Waals surface area contributed by atoms with Gasteiger partial charge >= 0.3 is 5.97 Å². The number of methoxy groups -OCH3 is 1. The molecule has 0 aliphatic heterocycles. The maximum atomic E-state index is 10.8. The lowest BCUT2D eigenvalue weighted by atomic mass is 10.1. The van der Waals surface area contributed by atoms with Crippen molar-refractivity contribution < 1.29 is 14.6 Å². The van der Waals surface area contributed by atoms with Crippen molar-refractivity contribution in [1.82, 2.24) is 0 Å². The molecule has 0 aliphatic rings. The SMILES string of the molecule is COC(=O)CCC=Cc1ccc(CO)cc1. The normalized spacial score (nSPS) is 10.6. The van der Waals surface area contributed by atoms with Crippen molar-refractivity contribution in [2.75, 3.05) is 7.11 Å². The van der Waals surface area contributed by atoms with E-state index < -0.39 is 0 Å². The molecule has 0 unspecified atom stereocenters. The number of esters is 1. The largest absolute Gasteiger partial charge is 0.469 e. The lowest BCUT2D eigenvalue weighted by Crippen LogP contribution is -1.97. The second-order valence-electron chi connectivity index (χ2n) is 3.42. The van der Waals surface area contributed by atoms with Crippen molar-refractivity contribution in [3.8, 4) is 0 Å². The minimum absolute atomic E-state index is 0.0618. The zero-order valence-electron chi connectivity index (χ0n) is 9.35. The molecule has 0 radical (unpaired) electrons. The monoisotopic (exact) mass is 220 g/mol. The third-order valence-electron chi connectivity index (χ3n) is 2.22. The van der Waals surface area contributed by atoms with Crippen molar-refractivity contribution in [3.63, 3.8) is 0 Å². The fraction of sp³-hybridized carbons (Fsp3) is 0.308. The van der Waals surface area contributed by atoms with Gasteiger partial charge in [-0.2, -0.15) is 0 Å². The molecule has 0 bridgehead atoms. The van der Waals surface area contributed by atoms with Crippen molar-refractivity contribution in [3.05, 3.63) is 41.5 Å². The predicted molar refractivity (Wildman–Crippen MR) is 62.6 cm³/mol. The van der Waals surface area contributed by atoms with Crippen LogP contribution in [0, 0.1) is 0 Å². The van der Waals surface area contributed by atoms with Gasteiger partial charge in [0.2, 0.25) is 0 Å². The highest BCUT2D eigenvalue weighted by molar-refractivity contribution is 5.69. The molecule has 1 aromatic carbocycles. The van der Waals surface area contributed by atoms with Gasteiger partial charge in [0.1, 0.15) is 0 Å². The number of allylic oxidation sites excluding steroid dienone is 1. The molecular formula is C13H16O3. The molecule has 86 valence electrons. The number of hydrogen-bond acceptors (Lipinski definition) is 3. The Balaban J connectivity index is 2.40. The van der Waals surface area contributed by atoms with Gasteiger partial charge in [-0.3, -0.25) is 4.79 Å². The molecule has 1 rings (SSSR count). The standard InChI is InChI=1S/C13H16O3/c1-16-13(15)5-3-2-4-11-6-8-12(10-14)9-7-11/h2,4,6-9,14H,3,5,10H2,1H3. The Kier molecular flexibility index (Phi) is 5.29. The van der Waals surface area contributed by atoms with E-state index in [2.05, 4.69) is 4.74 Å². The average Bonchev–Trinajstić information content (AvgIpc) is 2.35. The van der Waals surface area contributed by atoms with Gasteiger partial charge in [-0.25, -0.2) is 0 Å². The van der Waals surface area contributed by atoms with Crippen LogP contribution in [-0.4, -0.2) is 18.2 Å². The van der Waals surface area contributed by atoms with Gasteiger partial charge in [0.15, 0.2) is 0 Å². The Morgan fingerprint density at radius 2 is 2.06 bits per heavy atom. The number of benzene rings is 1. The Morgan fingerprint density at radius 1 is 1.38 bits per heavy atom. The summed E-state index contributed by atoms with van der Waals surface area (Å²) < 4.78 is 4.53. The predicted octanol–water partition coefficient (Wildman–Crippen LogP) is 2.15. The molecule has 3 heteroatoms. The smallest absolute Gasteiger partial charge is 0.305 e. The van der Waals surface area contributed by atoms with E-state index in [0.29, 0.717) is 12.8 Å². The van der Waals surface area contributed by atoms with Crippen LogP contribution >= 0.6 is 0 Å². The molecule has 0 aliphatic carbocycles. The summed E-state index contributed by atoms with van der Waals surface area (Å²) in [5, 5.41) is 8.86. The van der Waals surface area contributed by atoms with E-state index in [1.165, 1.54) is 7.11 Å². The Hall–Kier alpha value is -1.61. The van der Waals surface area contributed by atoms with Crippen LogP contribution < -0.4 is 0 Å². The van der Waals surface area contributed by atoms with Crippen LogP contribution in [-0.2, 0) is 16.1 Å². The van der Waals surface area contributed by atoms with Crippen LogP contribution in [0.25, 0.3) is 6.08 Å². The van der Waals surface area contributed by atoms with Gasteiger partial charge in [0, 0.05) is 6.42 Å². The summed E-state index contributed by atoms with van der Waals surface area (Å²) in [4.78, 5) is 10.8. The summed E-state index contributed by atoms with van der Waals surface area (Å²) in [6.07, 6.45) is 4.96. The molecule has 0 aromatic heterocycles. The zero-order chi connectivity index (χ0) is 11.8. The number of ether oxygens (including phenoxy) is 1. The molecule has 3 nitrogen and oxygen atoms in total. The second kappa shape index (κ2) is 6.80. The highest BCUT2D eigenvalue weighted by Gasteiger charge is 1.96. The number of carbonyl (C=O) groups excluding carboxylic acids is 1. The molecule has 0 spiro atoms. The fourth-order valence-corrected chi connectivity index (χ4v) is 1.26. The molecular weight excluding hydrogens is 204 g/mol. The van der Waals surface area contributed by atoms with E-state index in [1.807, 2.05) is 36.4 Å². The maximum absolute atomic E-state index is 10.8. The molecule has 16 heavy (non-hydrogen) atoms. The van der Waals surface area contributed by atoms with Crippen LogP contribution in [0.4, 0.5) is 0 Å². The lowest BCUT2D eigenvalue weighted by Gasteiger charge is -1.97. The topological polar surface area (TPSA) is 46.5 Å². The molecule has 1 aromatic rings. The summed E-state index contributed by atoms with van der Waals surface area (Å²) in [5.74, 6) is -0.194. The van der Waals surface area contributed by atoms with E-state index in [1.54, 1.807) is 0 Å². The first kappa shape index (κ1) is 12.5.